The minimum atomic E-state index is -0.294. The van der Waals surface area contributed by atoms with Crippen molar-refractivity contribution in [1.29, 1.82) is 0 Å². The summed E-state index contributed by atoms with van der Waals surface area (Å²) in [7, 11) is 2.10. The molecule has 1 unspecified atom stereocenters. The monoisotopic (exact) mass is 371 g/mol. The zero-order chi connectivity index (χ0) is 18.0. The quantitative estimate of drug-likeness (QED) is 0.837. The van der Waals surface area contributed by atoms with Gasteiger partial charge in [0.05, 0.1) is 11.5 Å². The number of rotatable bonds is 6. The van der Waals surface area contributed by atoms with Crippen LogP contribution in [-0.4, -0.2) is 35.0 Å². The van der Waals surface area contributed by atoms with Crippen LogP contribution in [0.1, 0.15) is 55.1 Å². The van der Waals surface area contributed by atoms with Crippen molar-refractivity contribution < 1.29 is 4.79 Å². The molecule has 26 heavy (non-hydrogen) atoms. The van der Waals surface area contributed by atoms with E-state index < -0.39 is 0 Å². The second-order valence-corrected chi connectivity index (χ2v) is 8.73. The number of hydrogen-bond acceptors (Lipinski definition) is 3. The van der Waals surface area contributed by atoms with E-state index in [0.717, 1.165) is 38.8 Å². The van der Waals surface area contributed by atoms with E-state index in [4.69, 9.17) is 0 Å². The summed E-state index contributed by atoms with van der Waals surface area (Å²) in [4.78, 5) is 17.1. The number of carbonyl (C=O) groups is 1. The number of likely N-dealkylation sites (tertiary alicyclic amines) is 1. The van der Waals surface area contributed by atoms with Crippen LogP contribution in [0.15, 0.2) is 35.8 Å². The first-order chi connectivity index (χ1) is 12.7. The van der Waals surface area contributed by atoms with E-state index in [-0.39, 0.29) is 17.4 Å². The lowest BCUT2D eigenvalue weighted by Crippen LogP contribution is -2.45. The van der Waals surface area contributed by atoms with Gasteiger partial charge in [-0.2, -0.15) is 0 Å². The highest BCUT2D eigenvalue weighted by Crippen LogP contribution is 2.43. The van der Waals surface area contributed by atoms with Crippen LogP contribution in [0.5, 0.6) is 0 Å². The van der Waals surface area contributed by atoms with Gasteiger partial charge in [0, 0.05) is 30.4 Å². The van der Waals surface area contributed by atoms with Crippen LogP contribution in [0.4, 0.5) is 0 Å². The molecule has 0 bridgehead atoms. The molecule has 2 fully saturated rings. The van der Waals surface area contributed by atoms with Crippen molar-refractivity contribution in [1.82, 2.24) is 14.8 Å². The summed E-state index contributed by atoms with van der Waals surface area (Å²) < 4.78 is 2.19. The number of hydrogen-bond donors (Lipinski definition) is 1. The van der Waals surface area contributed by atoms with Crippen LogP contribution in [-0.2, 0) is 17.3 Å². The Bertz CT molecular complexity index is 724. The smallest absolute Gasteiger partial charge is 0.231 e. The molecule has 1 N–H and O–H groups in total. The van der Waals surface area contributed by atoms with Gasteiger partial charge in [-0.25, -0.2) is 0 Å². The predicted octanol–water partition coefficient (Wildman–Crippen LogP) is 3.85. The average Bonchev–Trinajstić information content (AvgIpc) is 3.43. The summed E-state index contributed by atoms with van der Waals surface area (Å²) in [6, 6.07) is 8.78. The molecule has 0 spiro atoms. The molecule has 140 valence electrons. The van der Waals surface area contributed by atoms with E-state index >= 15 is 0 Å². The first-order valence-corrected chi connectivity index (χ1v) is 10.8. The summed E-state index contributed by atoms with van der Waals surface area (Å²) in [5, 5.41) is 5.46. The maximum atomic E-state index is 13.3. The highest BCUT2D eigenvalue weighted by Gasteiger charge is 2.43. The fourth-order valence-corrected chi connectivity index (χ4v) is 5.75. The van der Waals surface area contributed by atoms with E-state index in [1.807, 2.05) is 0 Å². The fraction of sp³-hybridized carbons (Fsp3) is 0.571. The Labute approximate surface area is 160 Å². The number of aromatic nitrogens is 1. The van der Waals surface area contributed by atoms with Gasteiger partial charge in [-0.05, 0) is 62.4 Å². The SMILES string of the molecule is Cn1cccc1C(CNC(=O)C1(c2cccs2)CCCC1)N1CCCC1. The van der Waals surface area contributed by atoms with Crippen molar-refractivity contribution in [3.63, 3.8) is 0 Å². The van der Waals surface area contributed by atoms with E-state index in [9.17, 15) is 4.79 Å². The lowest BCUT2D eigenvalue weighted by molar-refractivity contribution is -0.126. The van der Waals surface area contributed by atoms with Crippen molar-refractivity contribution in [2.24, 2.45) is 7.05 Å². The van der Waals surface area contributed by atoms with E-state index in [2.05, 4.69) is 57.7 Å². The van der Waals surface area contributed by atoms with E-state index in [1.165, 1.54) is 23.4 Å². The van der Waals surface area contributed by atoms with Gasteiger partial charge in [-0.15, -0.1) is 11.3 Å². The number of nitrogens with zero attached hydrogens (tertiary/aromatic N) is 2. The van der Waals surface area contributed by atoms with Crippen molar-refractivity contribution in [3.8, 4) is 0 Å². The molecule has 0 aromatic carbocycles. The molecule has 2 aliphatic rings. The zero-order valence-corrected chi connectivity index (χ0v) is 16.4. The predicted molar refractivity (Wildman–Crippen MR) is 106 cm³/mol. The van der Waals surface area contributed by atoms with Gasteiger partial charge in [0.15, 0.2) is 0 Å². The maximum absolute atomic E-state index is 13.3. The Hall–Kier alpha value is -1.59. The number of aryl methyl sites for hydroxylation is 1. The van der Waals surface area contributed by atoms with Gasteiger partial charge in [-0.3, -0.25) is 9.69 Å². The van der Waals surface area contributed by atoms with Crippen LogP contribution < -0.4 is 5.32 Å². The highest BCUT2D eigenvalue weighted by molar-refractivity contribution is 7.10. The molecule has 2 aromatic rings. The summed E-state index contributed by atoms with van der Waals surface area (Å²) in [6.07, 6.45) is 8.89. The maximum Gasteiger partial charge on any atom is 0.231 e. The zero-order valence-electron chi connectivity index (χ0n) is 15.6. The first-order valence-electron chi connectivity index (χ1n) is 9.88. The lowest BCUT2D eigenvalue weighted by atomic mass is 9.83. The minimum absolute atomic E-state index is 0.232. The molecule has 4 rings (SSSR count). The molecule has 1 aliphatic heterocycles. The standard InChI is InChI=1S/C21H29N3OS/c1-23-12-6-8-17(23)18(24-13-4-5-14-24)16-22-20(25)21(10-2-3-11-21)19-9-7-15-26-19/h6-9,12,15,18H,2-5,10-11,13-14,16H2,1H3,(H,22,25). The van der Waals surface area contributed by atoms with Crippen LogP contribution in [0.25, 0.3) is 0 Å². The molecule has 0 radical (unpaired) electrons. The molecule has 1 saturated carbocycles. The Kier molecular flexibility index (Phi) is 5.18. The van der Waals surface area contributed by atoms with E-state index in [0.29, 0.717) is 6.54 Å². The van der Waals surface area contributed by atoms with Crippen molar-refractivity contribution in [2.45, 2.75) is 50.0 Å². The molecule has 1 saturated heterocycles. The molecule has 4 nitrogen and oxygen atoms in total. The van der Waals surface area contributed by atoms with Crippen LogP contribution >= 0.6 is 11.3 Å². The van der Waals surface area contributed by atoms with E-state index in [1.54, 1.807) is 11.3 Å². The van der Waals surface area contributed by atoms with Crippen LogP contribution in [0, 0.1) is 0 Å². The van der Waals surface area contributed by atoms with Gasteiger partial charge in [-0.1, -0.05) is 18.9 Å². The Morgan fingerprint density at radius 1 is 1.19 bits per heavy atom. The largest absolute Gasteiger partial charge is 0.353 e. The third kappa shape index (κ3) is 3.23. The molecule has 5 heteroatoms. The molecule has 2 aromatic heterocycles. The average molecular weight is 372 g/mol. The summed E-state index contributed by atoms with van der Waals surface area (Å²) in [6.45, 7) is 2.95. The normalized spacial score (nSPS) is 21.1. The summed E-state index contributed by atoms with van der Waals surface area (Å²) >= 11 is 1.73. The van der Waals surface area contributed by atoms with Crippen LogP contribution in [0.3, 0.4) is 0 Å². The van der Waals surface area contributed by atoms with Crippen molar-refractivity contribution in [3.05, 3.63) is 46.4 Å². The van der Waals surface area contributed by atoms with Crippen LogP contribution in [0.2, 0.25) is 0 Å². The topological polar surface area (TPSA) is 37.3 Å². The number of amides is 1. The Balaban J connectivity index is 1.51. The first kappa shape index (κ1) is 17.8. The Morgan fingerprint density at radius 2 is 1.96 bits per heavy atom. The van der Waals surface area contributed by atoms with Gasteiger partial charge in [0.2, 0.25) is 5.91 Å². The molecule has 1 amide bonds. The van der Waals surface area contributed by atoms with Gasteiger partial charge < -0.3 is 9.88 Å². The number of carbonyl (C=O) groups excluding carboxylic acids is 1. The second-order valence-electron chi connectivity index (χ2n) is 7.78. The highest BCUT2D eigenvalue weighted by atomic mass is 32.1. The second kappa shape index (κ2) is 7.57. The van der Waals surface area contributed by atoms with Gasteiger partial charge in [0.1, 0.15) is 0 Å². The van der Waals surface area contributed by atoms with Crippen molar-refractivity contribution in [2.75, 3.05) is 19.6 Å². The summed E-state index contributed by atoms with van der Waals surface area (Å²) in [5.41, 5.74) is 1.00. The fourth-order valence-electron chi connectivity index (χ4n) is 4.77. The van der Waals surface area contributed by atoms with Crippen molar-refractivity contribution >= 4 is 17.2 Å². The molecular weight excluding hydrogens is 342 g/mol. The minimum Gasteiger partial charge on any atom is -0.353 e. The number of thiophene rings is 1. The summed E-state index contributed by atoms with van der Waals surface area (Å²) in [5.74, 6) is 0.232. The van der Waals surface area contributed by atoms with Gasteiger partial charge in [0.25, 0.3) is 0 Å². The molecule has 1 atom stereocenters. The third-order valence-electron chi connectivity index (χ3n) is 6.25. The van der Waals surface area contributed by atoms with Gasteiger partial charge >= 0.3 is 0 Å². The molecule has 3 heterocycles. The Morgan fingerprint density at radius 3 is 2.58 bits per heavy atom. The molecular formula is C21H29N3OS. The number of nitrogens with one attached hydrogen (secondary N) is 1. The third-order valence-corrected chi connectivity index (χ3v) is 7.32. The lowest BCUT2D eigenvalue weighted by Gasteiger charge is -2.31. The molecule has 1 aliphatic carbocycles.